The van der Waals surface area contributed by atoms with Crippen LogP contribution in [0.1, 0.15) is 24.6 Å². The van der Waals surface area contributed by atoms with E-state index in [4.69, 9.17) is 5.84 Å². The number of aromatic nitrogens is 2. The third-order valence-electron chi connectivity index (χ3n) is 2.19. The van der Waals surface area contributed by atoms with E-state index in [2.05, 4.69) is 20.1 Å². The molecule has 8 heteroatoms. The van der Waals surface area contributed by atoms with Crippen LogP contribution in [0.15, 0.2) is 6.07 Å². The standard InChI is InChI=1S/C9H11F3N4O/c10-9(11,12)4-17-7-3-6(16-13)14-8(15-7)5-1-2-5/h3,5H,1-2,4,13H2,(H,14,15,16). The van der Waals surface area contributed by atoms with Crippen molar-refractivity contribution in [2.45, 2.75) is 24.9 Å². The first kappa shape index (κ1) is 11.9. The zero-order valence-corrected chi connectivity index (χ0v) is 8.79. The minimum absolute atomic E-state index is 0.118. The number of hydrogen-bond acceptors (Lipinski definition) is 5. The number of hydrazine groups is 1. The Hall–Kier alpha value is -1.57. The second kappa shape index (κ2) is 4.36. The van der Waals surface area contributed by atoms with E-state index in [0.29, 0.717) is 5.82 Å². The molecular weight excluding hydrogens is 237 g/mol. The van der Waals surface area contributed by atoms with Gasteiger partial charge in [0.1, 0.15) is 11.6 Å². The third kappa shape index (κ3) is 3.45. The van der Waals surface area contributed by atoms with Crippen molar-refractivity contribution < 1.29 is 17.9 Å². The van der Waals surface area contributed by atoms with Crippen molar-refractivity contribution >= 4 is 5.82 Å². The van der Waals surface area contributed by atoms with Gasteiger partial charge in [-0.05, 0) is 12.8 Å². The van der Waals surface area contributed by atoms with Gasteiger partial charge in [0.2, 0.25) is 5.88 Å². The molecule has 0 atom stereocenters. The van der Waals surface area contributed by atoms with E-state index < -0.39 is 12.8 Å². The SMILES string of the molecule is NNc1cc(OCC(F)(F)F)nc(C2CC2)n1. The zero-order chi connectivity index (χ0) is 12.5. The van der Waals surface area contributed by atoms with E-state index in [9.17, 15) is 13.2 Å². The Bertz CT molecular complexity index is 406. The maximum absolute atomic E-state index is 12.0. The fourth-order valence-electron chi connectivity index (χ4n) is 1.27. The maximum Gasteiger partial charge on any atom is 0.422 e. The molecule has 1 heterocycles. The highest BCUT2D eigenvalue weighted by Crippen LogP contribution is 2.39. The molecule has 2 rings (SSSR count). The molecule has 0 spiro atoms. The van der Waals surface area contributed by atoms with E-state index in [0.717, 1.165) is 12.8 Å². The van der Waals surface area contributed by atoms with Gasteiger partial charge in [-0.3, -0.25) is 0 Å². The average Bonchev–Trinajstić information content (AvgIpc) is 3.08. The van der Waals surface area contributed by atoms with Gasteiger partial charge in [-0.2, -0.15) is 18.2 Å². The van der Waals surface area contributed by atoms with Gasteiger partial charge in [0.25, 0.3) is 0 Å². The number of anilines is 1. The molecule has 94 valence electrons. The average molecular weight is 248 g/mol. The summed E-state index contributed by atoms with van der Waals surface area (Å²) in [5, 5.41) is 0. The van der Waals surface area contributed by atoms with Crippen LogP contribution in [0, 0.1) is 0 Å². The van der Waals surface area contributed by atoms with Crippen molar-refractivity contribution in [1.82, 2.24) is 9.97 Å². The lowest BCUT2D eigenvalue weighted by Crippen LogP contribution is -2.20. The molecule has 1 aromatic rings. The van der Waals surface area contributed by atoms with Gasteiger partial charge in [-0.15, -0.1) is 0 Å². The smallest absolute Gasteiger partial charge is 0.422 e. The molecule has 0 radical (unpaired) electrons. The van der Waals surface area contributed by atoms with Gasteiger partial charge in [-0.1, -0.05) is 0 Å². The second-order valence-electron chi connectivity index (χ2n) is 3.77. The Balaban J connectivity index is 2.12. The number of nitrogens with one attached hydrogen (secondary N) is 1. The third-order valence-corrected chi connectivity index (χ3v) is 2.19. The van der Waals surface area contributed by atoms with Crippen molar-refractivity contribution in [3.05, 3.63) is 11.9 Å². The fourth-order valence-corrected chi connectivity index (χ4v) is 1.27. The summed E-state index contributed by atoms with van der Waals surface area (Å²) in [6.45, 7) is -1.38. The molecule has 1 aliphatic carbocycles. The number of rotatable bonds is 4. The summed E-state index contributed by atoms with van der Waals surface area (Å²) < 4.78 is 40.5. The van der Waals surface area contributed by atoms with E-state index in [1.54, 1.807) is 0 Å². The van der Waals surface area contributed by atoms with Crippen molar-refractivity contribution in [2.75, 3.05) is 12.0 Å². The Morgan fingerprint density at radius 2 is 2.12 bits per heavy atom. The number of nitrogens with zero attached hydrogens (tertiary/aromatic N) is 2. The van der Waals surface area contributed by atoms with Crippen molar-refractivity contribution in [3.63, 3.8) is 0 Å². The summed E-state index contributed by atoms with van der Waals surface area (Å²) in [5.74, 6) is 5.98. The lowest BCUT2D eigenvalue weighted by atomic mass is 10.4. The minimum Gasteiger partial charge on any atom is -0.468 e. The van der Waals surface area contributed by atoms with E-state index >= 15 is 0 Å². The summed E-state index contributed by atoms with van der Waals surface area (Å²) in [4.78, 5) is 7.97. The lowest BCUT2D eigenvalue weighted by Gasteiger charge is -2.10. The van der Waals surface area contributed by atoms with Gasteiger partial charge in [0.15, 0.2) is 6.61 Å². The molecule has 0 bridgehead atoms. The van der Waals surface area contributed by atoms with Crippen LogP contribution in [0.25, 0.3) is 0 Å². The molecule has 5 nitrogen and oxygen atoms in total. The zero-order valence-electron chi connectivity index (χ0n) is 8.79. The Morgan fingerprint density at radius 1 is 1.41 bits per heavy atom. The largest absolute Gasteiger partial charge is 0.468 e. The molecule has 1 aliphatic rings. The highest BCUT2D eigenvalue weighted by atomic mass is 19.4. The maximum atomic E-state index is 12.0. The molecule has 3 N–H and O–H groups in total. The number of ether oxygens (including phenoxy) is 1. The van der Waals surface area contributed by atoms with Crippen LogP contribution in [-0.2, 0) is 0 Å². The molecule has 1 saturated carbocycles. The number of halogens is 3. The van der Waals surface area contributed by atoms with Gasteiger partial charge in [0.05, 0.1) is 0 Å². The number of alkyl halides is 3. The van der Waals surface area contributed by atoms with Gasteiger partial charge in [0, 0.05) is 12.0 Å². The van der Waals surface area contributed by atoms with Crippen molar-refractivity contribution in [2.24, 2.45) is 5.84 Å². The van der Waals surface area contributed by atoms with Crippen LogP contribution in [0.2, 0.25) is 0 Å². The Morgan fingerprint density at radius 3 is 2.65 bits per heavy atom. The van der Waals surface area contributed by atoms with Crippen molar-refractivity contribution in [3.8, 4) is 5.88 Å². The molecule has 0 aliphatic heterocycles. The predicted octanol–water partition coefficient (Wildman–Crippen LogP) is 1.58. The van der Waals surface area contributed by atoms with E-state index in [-0.39, 0.29) is 17.6 Å². The van der Waals surface area contributed by atoms with Gasteiger partial charge in [-0.25, -0.2) is 10.8 Å². The first-order valence-electron chi connectivity index (χ1n) is 5.03. The molecule has 0 aromatic carbocycles. The molecule has 17 heavy (non-hydrogen) atoms. The minimum atomic E-state index is -4.39. The van der Waals surface area contributed by atoms with Crippen LogP contribution >= 0.6 is 0 Å². The Kier molecular flexibility index (Phi) is 3.05. The monoisotopic (exact) mass is 248 g/mol. The van der Waals surface area contributed by atoms with E-state index in [1.807, 2.05) is 0 Å². The fraction of sp³-hybridized carbons (Fsp3) is 0.556. The number of nitrogens with two attached hydrogens (primary N) is 1. The number of hydrogen-bond donors (Lipinski definition) is 2. The first-order chi connectivity index (χ1) is 7.98. The summed E-state index contributed by atoms with van der Waals surface area (Å²) in [5.41, 5.74) is 2.28. The highest BCUT2D eigenvalue weighted by Gasteiger charge is 2.30. The summed E-state index contributed by atoms with van der Waals surface area (Å²) in [6, 6.07) is 1.23. The molecule has 1 fully saturated rings. The normalized spacial score (nSPS) is 15.8. The van der Waals surface area contributed by atoms with Crippen LogP contribution in [0.4, 0.5) is 19.0 Å². The Labute approximate surface area is 95.2 Å². The lowest BCUT2D eigenvalue weighted by molar-refractivity contribution is -0.154. The highest BCUT2D eigenvalue weighted by molar-refractivity contribution is 5.38. The molecule has 1 aromatic heterocycles. The van der Waals surface area contributed by atoms with Crippen LogP contribution in [0.3, 0.4) is 0 Å². The van der Waals surface area contributed by atoms with E-state index in [1.165, 1.54) is 6.07 Å². The molecule has 0 amide bonds. The van der Waals surface area contributed by atoms with Crippen LogP contribution in [0.5, 0.6) is 5.88 Å². The van der Waals surface area contributed by atoms with Gasteiger partial charge < -0.3 is 10.2 Å². The second-order valence-corrected chi connectivity index (χ2v) is 3.77. The molecule has 0 saturated heterocycles. The predicted molar refractivity (Wildman–Crippen MR) is 53.4 cm³/mol. The first-order valence-corrected chi connectivity index (χ1v) is 5.03. The topological polar surface area (TPSA) is 73.1 Å². The molecule has 0 unspecified atom stereocenters. The molecular formula is C9H11F3N4O. The quantitative estimate of drug-likeness (QED) is 0.625. The summed E-state index contributed by atoms with van der Waals surface area (Å²) in [6.07, 6.45) is -2.51. The van der Waals surface area contributed by atoms with Gasteiger partial charge >= 0.3 is 6.18 Å². The number of nitrogen functional groups attached to an aromatic ring is 1. The summed E-state index contributed by atoms with van der Waals surface area (Å²) >= 11 is 0. The van der Waals surface area contributed by atoms with Crippen LogP contribution < -0.4 is 16.0 Å². The van der Waals surface area contributed by atoms with Crippen LogP contribution in [-0.4, -0.2) is 22.8 Å². The van der Waals surface area contributed by atoms with Crippen molar-refractivity contribution in [1.29, 1.82) is 0 Å². The summed E-state index contributed by atoms with van der Waals surface area (Å²) in [7, 11) is 0.